The Balaban J connectivity index is 2.47. The van der Waals surface area contributed by atoms with Gasteiger partial charge in [0, 0.05) is 18.1 Å². The summed E-state index contributed by atoms with van der Waals surface area (Å²) in [6.07, 6.45) is 6.83. The van der Waals surface area contributed by atoms with Crippen LogP contribution >= 0.6 is 0 Å². The molecule has 0 amide bonds. The molecule has 0 spiro atoms. The number of hydrogen-bond donors (Lipinski definition) is 0. The fourth-order valence-electron chi connectivity index (χ4n) is 2.19. The van der Waals surface area contributed by atoms with Crippen molar-refractivity contribution in [2.45, 2.75) is 40.0 Å². The van der Waals surface area contributed by atoms with Gasteiger partial charge in [0.2, 0.25) is 0 Å². The highest BCUT2D eigenvalue weighted by atomic mass is 15.0. The second-order valence-electron chi connectivity index (χ2n) is 5.61. The van der Waals surface area contributed by atoms with Gasteiger partial charge in [0.1, 0.15) is 0 Å². The Morgan fingerprint density at radius 3 is 2.50 bits per heavy atom. The van der Waals surface area contributed by atoms with Crippen molar-refractivity contribution in [1.82, 2.24) is 9.55 Å². The lowest BCUT2D eigenvalue weighted by molar-refractivity contribution is 0.644. The molecule has 18 heavy (non-hydrogen) atoms. The van der Waals surface area contributed by atoms with Crippen LogP contribution < -0.4 is 0 Å². The van der Waals surface area contributed by atoms with Crippen LogP contribution in [0.1, 0.15) is 44.7 Å². The number of rotatable bonds is 4. The predicted molar refractivity (Wildman–Crippen MR) is 76.2 cm³/mol. The lowest BCUT2D eigenvalue weighted by Gasteiger charge is -2.15. The summed E-state index contributed by atoms with van der Waals surface area (Å²) in [5.74, 6) is 1.22. The lowest BCUT2D eigenvalue weighted by atomic mass is 9.96. The molecule has 1 heterocycles. The maximum atomic E-state index is 4.16. The van der Waals surface area contributed by atoms with Gasteiger partial charge in [-0.25, -0.2) is 4.98 Å². The molecular formula is C16H22N2. The van der Waals surface area contributed by atoms with Crippen molar-refractivity contribution in [1.29, 1.82) is 0 Å². The molecule has 2 rings (SSSR count). The molecule has 1 aromatic heterocycles. The van der Waals surface area contributed by atoms with E-state index in [0.29, 0.717) is 11.8 Å². The van der Waals surface area contributed by atoms with Crippen molar-refractivity contribution in [3.63, 3.8) is 0 Å². The topological polar surface area (TPSA) is 17.8 Å². The molecule has 0 fully saturated rings. The molecule has 2 nitrogen and oxygen atoms in total. The highest BCUT2D eigenvalue weighted by molar-refractivity contribution is 5.45. The van der Waals surface area contributed by atoms with Crippen molar-refractivity contribution in [2.75, 3.05) is 0 Å². The SMILES string of the molecule is CC(C)Cc1ccc(C(C)C)cc1-n1ccnc1. The third-order valence-corrected chi connectivity index (χ3v) is 3.19. The first kappa shape index (κ1) is 12.9. The molecular weight excluding hydrogens is 220 g/mol. The monoisotopic (exact) mass is 242 g/mol. The molecule has 1 aromatic carbocycles. The molecule has 0 radical (unpaired) electrons. The second-order valence-corrected chi connectivity index (χ2v) is 5.61. The van der Waals surface area contributed by atoms with Crippen LogP contribution in [0.15, 0.2) is 36.9 Å². The highest BCUT2D eigenvalue weighted by Gasteiger charge is 2.09. The summed E-state index contributed by atoms with van der Waals surface area (Å²) in [4.78, 5) is 4.16. The average Bonchev–Trinajstić information content (AvgIpc) is 2.81. The fraction of sp³-hybridized carbons (Fsp3) is 0.438. The minimum atomic E-state index is 0.556. The smallest absolute Gasteiger partial charge is 0.0991 e. The normalized spacial score (nSPS) is 11.4. The first-order chi connectivity index (χ1) is 8.58. The van der Waals surface area contributed by atoms with E-state index in [2.05, 4.69) is 55.4 Å². The van der Waals surface area contributed by atoms with E-state index in [1.807, 2.05) is 18.7 Å². The zero-order valence-corrected chi connectivity index (χ0v) is 11.7. The molecule has 0 atom stereocenters. The second kappa shape index (κ2) is 5.38. The minimum absolute atomic E-state index is 0.556. The number of hydrogen-bond acceptors (Lipinski definition) is 1. The van der Waals surface area contributed by atoms with Crippen LogP contribution in [0.2, 0.25) is 0 Å². The summed E-state index contributed by atoms with van der Waals surface area (Å²) in [7, 11) is 0. The highest BCUT2D eigenvalue weighted by Crippen LogP contribution is 2.24. The average molecular weight is 242 g/mol. The molecule has 0 unspecified atom stereocenters. The summed E-state index contributed by atoms with van der Waals surface area (Å²) >= 11 is 0. The van der Waals surface area contributed by atoms with Gasteiger partial charge in [-0.15, -0.1) is 0 Å². The Labute approximate surface area is 110 Å². The molecule has 96 valence electrons. The molecule has 2 heteroatoms. The van der Waals surface area contributed by atoms with Crippen LogP contribution in [-0.2, 0) is 6.42 Å². The summed E-state index contributed by atoms with van der Waals surface area (Å²) in [6, 6.07) is 6.82. The zero-order valence-electron chi connectivity index (χ0n) is 11.7. The van der Waals surface area contributed by atoms with Crippen LogP contribution in [-0.4, -0.2) is 9.55 Å². The Hall–Kier alpha value is -1.57. The number of imidazole rings is 1. The van der Waals surface area contributed by atoms with Gasteiger partial charge in [0.05, 0.1) is 6.33 Å². The van der Waals surface area contributed by atoms with E-state index in [4.69, 9.17) is 0 Å². The van der Waals surface area contributed by atoms with Gasteiger partial charge < -0.3 is 4.57 Å². The Morgan fingerprint density at radius 2 is 1.94 bits per heavy atom. The molecule has 0 aliphatic rings. The Kier molecular flexibility index (Phi) is 3.85. The van der Waals surface area contributed by atoms with Crippen molar-refractivity contribution in [2.24, 2.45) is 5.92 Å². The molecule has 0 aliphatic heterocycles. The van der Waals surface area contributed by atoms with E-state index in [9.17, 15) is 0 Å². The van der Waals surface area contributed by atoms with Crippen molar-refractivity contribution < 1.29 is 0 Å². The minimum Gasteiger partial charge on any atom is -0.306 e. The summed E-state index contributed by atoms with van der Waals surface area (Å²) in [5, 5.41) is 0. The Bertz CT molecular complexity index is 496. The van der Waals surface area contributed by atoms with E-state index >= 15 is 0 Å². The predicted octanol–water partition coefficient (Wildman–Crippen LogP) is 4.19. The van der Waals surface area contributed by atoms with Crippen LogP contribution in [0.3, 0.4) is 0 Å². The molecule has 2 aromatic rings. The first-order valence-electron chi connectivity index (χ1n) is 6.69. The van der Waals surface area contributed by atoms with E-state index in [-0.39, 0.29) is 0 Å². The summed E-state index contributed by atoms with van der Waals surface area (Å²) in [5.41, 5.74) is 4.05. The van der Waals surface area contributed by atoms with E-state index < -0.39 is 0 Å². The largest absolute Gasteiger partial charge is 0.306 e. The molecule has 0 aliphatic carbocycles. The zero-order chi connectivity index (χ0) is 13.1. The van der Waals surface area contributed by atoms with E-state index in [1.165, 1.54) is 16.8 Å². The maximum absolute atomic E-state index is 4.16. The number of nitrogens with zero attached hydrogens (tertiary/aromatic N) is 2. The van der Waals surface area contributed by atoms with Gasteiger partial charge in [-0.1, -0.05) is 39.8 Å². The van der Waals surface area contributed by atoms with Gasteiger partial charge in [-0.05, 0) is 35.4 Å². The fourth-order valence-corrected chi connectivity index (χ4v) is 2.19. The Morgan fingerprint density at radius 1 is 1.17 bits per heavy atom. The maximum Gasteiger partial charge on any atom is 0.0991 e. The van der Waals surface area contributed by atoms with Gasteiger partial charge >= 0.3 is 0 Å². The van der Waals surface area contributed by atoms with Gasteiger partial charge in [-0.3, -0.25) is 0 Å². The van der Waals surface area contributed by atoms with Crippen LogP contribution in [0, 0.1) is 5.92 Å². The summed E-state index contributed by atoms with van der Waals surface area (Å²) < 4.78 is 2.11. The lowest BCUT2D eigenvalue weighted by Crippen LogP contribution is -2.03. The van der Waals surface area contributed by atoms with Gasteiger partial charge in [0.15, 0.2) is 0 Å². The van der Waals surface area contributed by atoms with E-state index in [1.54, 1.807) is 0 Å². The molecule has 0 saturated heterocycles. The number of benzene rings is 1. The molecule has 0 N–H and O–H groups in total. The number of aromatic nitrogens is 2. The van der Waals surface area contributed by atoms with Crippen LogP contribution in [0.5, 0.6) is 0 Å². The quantitative estimate of drug-likeness (QED) is 0.786. The standard InChI is InChI=1S/C16H22N2/c1-12(2)9-15-6-5-14(13(3)4)10-16(15)18-8-7-17-11-18/h5-8,10-13H,9H2,1-4H3. The van der Waals surface area contributed by atoms with Gasteiger partial charge in [0.25, 0.3) is 0 Å². The van der Waals surface area contributed by atoms with Crippen molar-refractivity contribution in [3.05, 3.63) is 48.0 Å². The first-order valence-corrected chi connectivity index (χ1v) is 6.69. The molecule has 0 saturated carbocycles. The van der Waals surface area contributed by atoms with Crippen molar-refractivity contribution in [3.8, 4) is 5.69 Å². The third-order valence-electron chi connectivity index (χ3n) is 3.19. The van der Waals surface area contributed by atoms with Crippen molar-refractivity contribution >= 4 is 0 Å². The van der Waals surface area contributed by atoms with E-state index in [0.717, 1.165) is 6.42 Å². The molecule has 0 bridgehead atoms. The summed E-state index contributed by atoms with van der Waals surface area (Å²) in [6.45, 7) is 8.98. The third kappa shape index (κ3) is 2.81. The van der Waals surface area contributed by atoms with Crippen LogP contribution in [0.25, 0.3) is 5.69 Å². The van der Waals surface area contributed by atoms with Crippen LogP contribution in [0.4, 0.5) is 0 Å². The van der Waals surface area contributed by atoms with Gasteiger partial charge in [-0.2, -0.15) is 0 Å².